The van der Waals surface area contributed by atoms with Crippen molar-refractivity contribution in [3.8, 4) is 16.9 Å². The molecular formula is C32H42NO4Si+. The van der Waals surface area contributed by atoms with Gasteiger partial charge in [-0.05, 0) is 71.4 Å². The number of para-hydroxylation sites is 2. The van der Waals surface area contributed by atoms with Crippen molar-refractivity contribution in [2.24, 2.45) is 0 Å². The Bertz CT molecular complexity index is 1270. The van der Waals surface area contributed by atoms with E-state index >= 15 is 0 Å². The monoisotopic (exact) mass is 532 g/mol. The molecule has 0 fully saturated rings. The van der Waals surface area contributed by atoms with Gasteiger partial charge < -0.3 is 18.0 Å². The van der Waals surface area contributed by atoms with Gasteiger partial charge in [0.05, 0.1) is 17.9 Å². The molecule has 0 spiro atoms. The van der Waals surface area contributed by atoms with E-state index in [1.807, 2.05) is 12.1 Å². The van der Waals surface area contributed by atoms with E-state index in [4.69, 9.17) is 18.0 Å². The summed E-state index contributed by atoms with van der Waals surface area (Å²) in [7, 11) is -1.17. The number of aryl methyl sites for hydroxylation is 1. The SMILES string of the molecule is COc1ccc(-c2c3ccccc3[n+](CCC[Si](OC(C)C)(OC(C)C)OC(C)C)c3ccccc23)cc1. The van der Waals surface area contributed by atoms with Gasteiger partial charge in [-0.2, -0.15) is 4.57 Å². The number of rotatable bonds is 12. The maximum absolute atomic E-state index is 6.44. The topological polar surface area (TPSA) is 40.8 Å². The van der Waals surface area contributed by atoms with Gasteiger partial charge in [-0.25, -0.2) is 0 Å². The van der Waals surface area contributed by atoms with Crippen molar-refractivity contribution in [1.82, 2.24) is 0 Å². The average molecular weight is 533 g/mol. The summed E-state index contributed by atoms with van der Waals surface area (Å²) in [6.07, 6.45) is 1.01. The predicted molar refractivity (Wildman–Crippen MR) is 157 cm³/mol. The van der Waals surface area contributed by atoms with Crippen LogP contribution in [0.3, 0.4) is 0 Å². The second-order valence-corrected chi connectivity index (χ2v) is 13.1. The highest BCUT2D eigenvalue weighted by Gasteiger charge is 2.44. The van der Waals surface area contributed by atoms with E-state index in [0.29, 0.717) is 0 Å². The molecule has 0 bridgehead atoms. The van der Waals surface area contributed by atoms with E-state index < -0.39 is 8.80 Å². The summed E-state index contributed by atoms with van der Waals surface area (Å²) < 4.78 is 27.2. The fraction of sp³-hybridized carbons (Fsp3) is 0.406. The average Bonchev–Trinajstić information content (AvgIpc) is 2.87. The number of aromatic nitrogens is 1. The zero-order valence-electron chi connectivity index (χ0n) is 23.9. The van der Waals surface area contributed by atoms with Crippen LogP contribution in [0, 0.1) is 0 Å². The number of ether oxygens (including phenoxy) is 1. The van der Waals surface area contributed by atoms with Crippen molar-refractivity contribution in [3.63, 3.8) is 0 Å². The van der Waals surface area contributed by atoms with Crippen molar-refractivity contribution in [1.29, 1.82) is 0 Å². The van der Waals surface area contributed by atoms with Crippen molar-refractivity contribution >= 4 is 30.6 Å². The second kappa shape index (κ2) is 12.4. The number of benzene rings is 3. The van der Waals surface area contributed by atoms with E-state index in [1.165, 1.54) is 32.9 Å². The van der Waals surface area contributed by atoms with Crippen LogP contribution < -0.4 is 9.30 Å². The van der Waals surface area contributed by atoms with Crippen molar-refractivity contribution in [3.05, 3.63) is 72.8 Å². The van der Waals surface area contributed by atoms with Gasteiger partial charge in [-0.15, -0.1) is 0 Å². The lowest BCUT2D eigenvalue weighted by atomic mass is 9.95. The molecule has 0 aliphatic carbocycles. The Labute approximate surface area is 228 Å². The Morgan fingerprint density at radius 3 is 1.58 bits per heavy atom. The number of nitrogens with zero attached hydrogens (tertiary/aromatic N) is 1. The lowest BCUT2D eigenvalue weighted by Crippen LogP contribution is -2.51. The standard InChI is InChI=1S/C32H42NO4Si/c1-23(2)35-38(36-24(3)4,37-25(5)6)22-12-21-33-30-15-10-8-13-28(30)32(29-14-9-11-16-31(29)33)26-17-19-27(34-7)20-18-26/h8-11,13-20,23-25H,12,21-22H2,1-7H3/q+1. The molecule has 4 aromatic rings. The Morgan fingerprint density at radius 1 is 0.658 bits per heavy atom. The van der Waals surface area contributed by atoms with Crippen LogP contribution in [-0.4, -0.2) is 34.2 Å². The van der Waals surface area contributed by atoms with Crippen molar-refractivity contribution < 1.29 is 22.6 Å². The number of fused-ring (bicyclic) bond motifs is 2. The minimum Gasteiger partial charge on any atom is -0.497 e. The lowest BCUT2D eigenvalue weighted by Gasteiger charge is -2.34. The van der Waals surface area contributed by atoms with Gasteiger partial charge in [-0.1, -0.05) is 36.4 Å². The van der Waals surface area contributed by atoms with Crippen LogP contribution in [0.5, 0.6) is 5.75 Å². The van der Waals surface area contributed by atoms with Crippen LogP contribution in [0.2, 0.25) is 6.04 Å². The van der Waals surface area contributed by atoms with Crippen LogP contribution >= 0.6 is 0 Å². The number of hydrogen-bond acceptors (Lipinski definition) is 4. The molecule has 5 nitrogen and oxygen atoms in total. The van der Waals surface area contributed by atoms with Gasteiger partial charge >= 0.3 is 8.80 Å². The molecule has 0 aliphatic rings. The first-order chi connectivity index (χ1) is 18.2. The smallest absolute Gasteiger partial charge is 0.497 e. The third kappa shape index (κ3) is 6.44. The summed E-state index contributed by atoms with van der Waals surface area (Å²) in [6.45, 7) is 13.2. The zero-order valence-corrected chi connectivity index (χ0v) is 24.9. The summed E-state index contributed by atoms with van der Waals surface area (Å²) in [6, 6.07) is 26.5. The third-order valence-electron chi connectivity index (χ3n) is 6.42. The second-order valence-electron chi connectivity index (χ2n) is 10.6. The summed E-state index contributed by atoms with van der Waals surface area (Å²) >= 11 is 0. The molecule has 1 heterocycles. The van der Waals surface area contributed by atoms with Gasteiger partial charge in [0.1, 0.15) is 12.3 Å². The fourth-order valence-electron chi connectivity index (χ4n) is 5.22. The summed E-state index contributed by atoms with van der Waals surface area (Å²) in [5.41, 5.74) is 4.85. The maximum atomic E-state index is 6.44. The van der Waals surface area contributed by atoms with Crippen molar-refractivity contribution in [2.75, 3.05) is 7.11 Å². The quantitative estimate of drug-likeness (QED) is 0.107. The normalized spacial score (nSPS) is 12.4. The Kier molecular flexibility index (Phi) is 9.21. The van der Waals surface area contributed by atoms with E-state index in [9.17, 15) is 0 Å². The molecule has 0 amide bonds. The number of pyridine rings is 1. The minimum absolute atomic E-state index is 0.0391. The third-order valence-corrected chi connectivity index (χ3v) is 9.88. The van der Waals surface area contributed by atoms with E-state index in [0.717, 1.165) is 24.8 Å². The van der Waals surface area contributed by atoms with Crippen molar-refractivity contribution in [2.45, 2.75) is 78.9 Å². The van der Waals surface area contributed by atoms with Gasteiger partial charge in [0.15, 0.2) is 0 Å². The number of hydrogen-bond donors (Lipinski definition) is 0. The van der Waals surface area contributed by atoms with Gasteiger partial charge in [0, 0.05) is 48.5 Å². The highest BCUT2D eigenvalue weighted by molar-refractivity contribution is 6.60. The maximum Gasteiger partial charge on any atom is 0.501 e. The highest BCUT2D eigenvalue weighted by Crippen LogP contribution is 2.35. The Hall–Kier alpha value is -2.77. The fourth-order valence-corrected chi connectivity index (χ4v) is 8.48. The molecule has 0 unspecified atom stereocenters. The van der Waals surface area contributed by atoms with E-state index in [-0.39, 0.29) is 18.3 Å². The summed E-state index contributed by atoms with van der Waals surface area (Å²) in [4.78, 5) is 0. The molecule has 202 valence electrons. The zero-order chi connectivity index (χ0) is 27.3. The molecule has 0 saturated heterocycles. The first-order valence-corrected chi connectivity index (χ1v) is 15.7. The van der Waals surface area contributed by atoms with E-state index in [1.54, 1.807) is 7.11 Å². The Morgan fingerprint density at radius 2 is 1.13 bits per heavy atom. The van der Waals surface area contributed by atoms with Crippen LogP contribution in [-0.2, 0) is 19.8 Å². The van der Waals surface area contributed by atoms with Gasteiger partial charge in [0.25, 0.3) is 0 Å². The molecule has 0 saturated carbocycles. The van der Waals surface area contributed by atoms with Crippen LogP contribution in [0.25, 0.3) is 32.9 Å². The molecule has 38 heavy (non-hydrogen) atoms. The first kappa shape index (κ1) is 28.2. The lowest BCUT2D eigenvalue weighted by molar-refractivity contribution is -0.645. The van der Waals surface area contributed by atoms with Crippen LogP contribution in [0.4, 0.5) is 0 Å². The molecule has 0 aliphatic heterocycles. The molecule has 3 aromatic carbocycles. The first-order valence-electron chi connectivity index (χ1n) is 13.7. The molecule has 0 atom stereocenters. The summed E-state index contributed by atoms with van der Waals surface area (Å²) in [5, 5.41) is 2.46. The molecule has 0 radical (unpaired) electrons. The Balaban J connectivity index is 1.77. The van der Waals surface area contributed by atoms with Gasteiger partial charge in [0.2, 0.25) is 11.0 Å². The largest absolute Gasteiger partial charge is 0.501 e. The van der Waals surface area contributed by atoms with Crippen LogP contribution in [0.15, 0.2) is 72.8 Å². The predicted octanol–water partition coefficient (Wildman–Crippen LogP) is 7.56. The van der Waals surface area contributed by atoms with E-state index in [2.05, 4.69) is 107 Å². The molecule has 4 rings (SSSR count). The van der Waals surface area contributed by atoms with Gasteiger partial charge in [-0.3, -0.25) is 0 Å². The minimum atomic E-state index is -2.87. The summed E-state index contributed by atoms with van der Waals surface area (Å²) in [5.74, 6) is 0.858. The highest BCUT2D eigenvalue weighted by atomic mass is 28.4. The molecule has 1 aromatic heterocycles. The molecule has 0 N–H and O–H groups in total. The molecule has 6 heteroatoms. The van der Waals surface area contributed by atoms with Crippen LogP contribution in [0.1, 0.15) is 48.0 Å². The molecular weight excluding hydrogens is 490 g/mol. The number of methoxy groups -OCH3 is 1.